The van der Waals surface area contributed by atoms with Crippen molar-refractivity contribution in [2.45, 2.75) is 0 Å². The number of hydrogen-bond acceptors (Lipinski definition) is 4. The van der Waals surface area contributed by atoms with E-state index >= 15 is 0 Å². The van der Waals surface area contributed by atoms with E-state index in [1.165, 1.54) is 4.73 Å². The highest BCUT2D eigenvalue weighted by Gasteiger charge is 2.26. The van der Waals surface area contributed by atoms with Crippen LogP contribution in [0.5, 0.6) is 0 Å². The third-order valence-electron chi connectivity index (χ3n) is 5.09. The normalized spacial score (nSPS) is 10.7. The molecule has 0 aliphatic rings. The van der Waals surface area contributed by atoms with Gasteiger partial charge >= 0.3 is 5.97 Å². The van der Waals surface area contributed by atoms with Gasteiger partial charge in [0.2, 0.25) is 0 Å². The van der Waals surface area contributed by atoms with Gasteiger partial charge in [0.25, 0.3) is 0 Å². The van der Waals surface area contributed by atoms with Crippen LogP contribution in [0.1, 0.15) is 10.4 Å². The molecule has 2 aromatic heterocycles. The number of carbonyl (C=O) groups excluding carboxylic acids is 1. The Morgan fingerprint density at radius 3 is 2.15 bits per heavy atom. The van der Waals surface area contributed by atoms with E-state index in [1.54, 1.807) is 36.5 Å². The van der Waals surface area contributed by atoms with Gasteiger partial charge in [-0.05, 0) is 36.4 Å². The maximum atomic E-state index is 13.1. The van der Waals surface area contributed by atoms with Crippen molar-refractivity contribution in [2.24, 2.45) is 0 Å². The lowest BCUT2D eigenvalue weighted by Gasteiger charge is -2.13. The molecule has 2 heterocycles. The maximum Gasteiger partial charge on any atom is 0.363 e. The molecule has 0 radical (unpaired) electrons. The van der Waals surface area contributed by atoms with E-state index in [-0.39, 0.29) is 0 Å². The van der Waals surface area contributed by atoms with E-state index in [1.807, 2.05) is 72.8 Å². The Hall–Kier alpha value is -4.22. The zero-order valence-corrected chi connectivity index (χ0v) is 18.2. The van der Waals surface area contributed by atoms with Crippen molar-refractivity contribution in [3.8, 4) is 34.0 Å². The first-order chi connectivity index (χ1) is 16.2. The van der Waals surface area contributed by atoms with Crippen LogP contribution in [-0.2, 0) is 0 Å². The molecule has 5 aromatic rings. The Kier molecular flexibility index (Phi) is 5.70. The fraction of sp³-hybridized carbons (Fsp3) is 0. The van der Waals surface area contributed by atoms with Crippen LogP contribution in [-0.4, -0.2) is 20.7 Å². The lowest BCUT2D eigenvalue weighted by molar-refractivity contribution is 0.0476. The number of halogens is 1. The summed E-state index contributed by atoms with van der Waals surface area (Å²) in [5.41, 5.74) is 3.73. The Morgan fingerprint density at radius 1 is 0.788 bits per heavy atom. The molecule has 33 heavy (non-hydrogen) atoms. The van der Waals surface area contributed by atoms with Crippen LogP contribution in [0.2, 0.25) is 5.02 Å². The highest BCUT2D eigenvalue weighted by molar-refractivity contribution is 6.33. The summed E-state index contributed by atoms with van der Waals surface area (Å²) in [5, 5.41) is 0.492. The highest BCUT2D eigenvalue weighted by atomic mass is 35.5. The first kappa shape index (κ1) is 20.7. The minimum Gasteiger partial charge on any atom is -0.329 e. The summed E-state index contributed by atoms with van der Waals surface area (Å²) in [7, 11) is 0. The standard InChI is InChI=1S/C27H18ClN3O2/c28-22-16-8-7-15-21(22)26-30-24(23-17-9-10-18-29-23)25(19-11-3-1-4-12-19)31(26)33-27(32)20-13-5-2-6-14-20/h1-18H. The summed E-state index contributed by atoms with van der Waals surface area (Å²) >= 11 is 6.53. The van der Waals surface area contributed by atoms with Gasteiger partial charge in [-0.2, -0.15) is 4.73 Å². The first-order valence-corrected chi connectivity index (χ1v) is 10.7. The van der Waals surface area contributed by atoms with Gasteiger partial charge in [0, 0.05) is 17.3 Å². The number of pyridine rings is 1. The monoisotopic (exact) mass is 451 g/mol. The number of nitrogens with zero attached hydrogens (tertiary/aromatic N) is 3. The Balaban J connectivity index is 1.78. The van der Waals surface area contributed by atoms with Crippen LogP contribution in [0.3, 0.4) is 0 Å². The quantitative estimate of drug-likeness (QED) is 0.319. The largest absolute Gasteiger partial charge is 0.363 e. The van der Waals surface area contributed by atoms with Crippen molar-refractivity contribution in [1.82, 2.24) is 14.7 Å². The molecule has 0 fully saturated rings. The number of rotatable bonds is 5. The Morgan fingerprint density at radius 2 is 1.45 bits per heavy atom. The van der Waals surface area contributed by atoms with Crippen molar-refractivity contribution in [1.29, 1.82) is 0 Å². The van der Waals surface area contributed by atoms with Gasteiger partial charge in [0.05, 0.1) is 16.3 Å². The third-order valence-corrected chi connectivity index (χ3v) is 5.42. The molecule has 160 valence electrons. The fourth-order valence-electron chi connectivity index (χ4n) is 3.55. The van der Waals surface area contributed by atoms with Gasteiger partial charge in [-0.25, -0.2) is 9.78 Å². The van der Waals surface area contributed by atoms with Crippen molar-refractivity contribution in [3.63, 3.8) is 0 Å². The van der Waals surface area contributed by atoms with Crippen LogP contribution in [0.15, 0.2) is 109 Å². The summed E-state index contributed by atoms with van der Waals surface area (Å²) in [5.74, 6) is -0.101. The lowest BCUT2D eigenvalue weighted by atomic mass is 10.1. The molecule has 0 aliphatic carbocycles. The molecular weight excluding hydrogens is 434 g/mol. The van der Waals surface area contributed by atoms with E-state index in [2.05, 4.69) is 4.98 Å². The van der Waals surface area contributed by atoms with E-state index in [0.717, 1.165) is 5.56 Å². The van der Waals surface area contributed by atoms with Gasteiger partial charge in [0.15, 0.2) is 5.82 Å². The number of carbonyl (C=O) groups is 1. The smallest absolute Gasteiger partial charge is 0.329 e. The molecule has 0 saturated heterocycles. The second-order valence-electron chi connectivity index (χ2n) is 7.23. The molecule has 0 amide bonds. The lowest BCUT2D eigenvalue weighted by Crippen LogP contribution is -2.21. The topological polar surface area (TPSA) is 57.0 Å². The van der Waals surface area contributed by atoms with Crippen LogP contribution in [0.25, 0.3) is 34.0 Å². The molecule has 5 nitrogen and oxygen atoms in total. The molecule has 0 spiro atoms. The van der Waals surface area contributed by atoms with E-state index in [0.29, 0.717) is 39.1 Å². The summed E-state index contributed by atoms with van der Waals surface area (Å²) in [6.07, 6.45) is 1.70. The first-order valence-electron chi connectivity index (χ1n) is 10.3. The van der Waals surface area contributed by atoms with Crippen molar-refractivity contribution < 1.29 is 9.63 Å². The molecule has 0 saturated carbocycles. The van der Waals surface area contributed by atoms with Gasteiger partial charge in [-0.3, -0.25) is 4.98 Å². The maximum absolute atomic E-state index is 13.1. The average Bonchev–Trinajstić information content (AvgIpc) is 3.24. The second-order valence-corrected chi connectivity index (χ2v) is 7.64. The van der Waals surface area contributed by atoms with Gasteiger partial charge in [0.1, 0.15) is 11.4 Å². The summed E-state index contributed by atoms with van der Waals surface area (Å²) < 4.78 is 1.45. The van der Waals surface area contributed by atoms with Crippen molar-refractivity contribution in [3.05, 3.63) is 120 Å². The fourth-order valence-corrected chi connectivity index (χ4v) is 3.77. The third kappa shape index (κ3) is 4.14. The Labute approximate surface area is 195 Å². The minimum atomic E-state index is -0.508. The molecule has 0 atom stereocenters. The number of aromatic nitrogens is 3. The number of hydrogen-bond donors (Lipinski definition) is 0. The van der Waals surface area contributed by atoms with Gasteiger partial charge in [-0.1, -0.05) is 78.3 Å². The Bertz CT molecular complexity index is 1400. The predicted molar refractivity (Wildman–Crippen MR) is 129 cm³/mol. The van der Waals surface area contributed by atoms with Crippen molar-refractivity contribution >= 4 is 17.6 Å². The zero-order chi connectivity index (χ0) is 22.6. The highest BCUT2D eigenvalue weighted by Crippen LogP contribution is 2.37. The van der Waals surface area contributed by atoms with Crippen molar-refractivity contribution in [2.75, 3.05) is 0 Å². The molecule has 0 aliphatic heterocycles. The molecule has 6 heteroatoms. The van der Waals surface area contributed by atoms with E-state index in [4.69, 9.17) is 21.4 Å². The molecule has 3 aromatic carbocycles. The number of benzene rings is 3. The zero-order valence-electron chi connectivity index (χ0n) is 17.4. The molecule has 0 bridgehead atoms. The summed E-state index contributed by atoms with van der Waals surface area (Å²) in [6.45, 7) is 0. The van der Waals surface area contributed by atoms with Gasteiger partial charge < -0.3 is 4.84 Å². The molecule has 5 rings (SSSR count). The summed E-state index contributed by atoms with van der Waals surface area (Å²) in [4.78, 5) is 28.4. The van der Waals surface area contributed by atoms with Crippen LogP contribution in [0.4, 0.5) is 0 Å². The van der Waals surface area contributed by atoms with Crippen LogP contribution < -0.4 is 4.84 Å². The van der Waals surface area contributed by atoms with E-state index in [9.17, 15) is 4.79 Å². The number of imidazole rings is 1. The van der Waals surface area contributed by atoms with Crippen LogP contribution >= 0.6 is 11.6 Å². The predicted octanol–water partition coefficient (Wildman–Crippen LogP) is 6.20. The van der Waals surface area contributed by atoms with Gasteiger partial charge in [-0.15, -0.1) is 0 Å². The van der Waals surface area contributed by atoms with E-state index < -0.39 is 5.97 Å². The van der Waals surface area contributed by atoms with Crippen LogP contribution in [0, 0.1) is 0 Å². The minimum absolute atomic E-state index is 0.407. The SMILES string of the molecule is O=C(On1c(-c2ccccc2Cl)nc(-c2ccccn2)c1-c1ccccc1)c1ccccc1. The molecule has 0 unspecified atom stereocenters. The second kappa shape index (κ2) is 9.10. The summed E-state index contributed by atoms with van der Waals surface area (Å²) in [6, 6.07) is 31.4. The average molecular weight is 452 g/mol. The molecule has 0 N–H and O–H groups in total. The molecular formula is C27H18ClN3O2.